The molecule has 0 heterocycles. The van der Waals surface area contributed by atoms with E-state index in [1.54, 1.807) is 0 Å². The van der Waals surface area contributed by atoms with Crippen LogP contribution in [0.1, 0.15) is 61.6 Å². The first-order valence-electron chi connectivity index (χ1n) is 10.2. The van der Waals surface area contributed by atoms with Crippen molar-refractivity contribution in [2.75, 3.05) is 0 Å². The summed E-state index contributed by atoms with van der Waals surface area (Å²) in [7, 11) is 0. The lowest BCUT2D eigenvalue weighted by atomic mass is 9.78. The first kappa shape index (κ1) is 19.8. The third-order valence-electron chi connectivity index (χ3n) is 5.74. The zero-order valence-corrected chi connectivity index (χ0v) is 16.8. The molecule has 0 bridgehead atoms. The van der Waals surface area contributed by atoms with Gasteiger partial charge < -0.3 is 0 Å². The van der Waals surface area contributed by atoms with Crippen LogP contribution in [-0.2, 0) is 6.42 Å². The van der Waals surface area contributed by atoms with Crippen molar-refractivity contribution in [1.82, 2.24) is 0 Å². The van der Waals surface area contributed by atoms with E-state index in [0.29, 0.717) is 0 Å². The van der Waals surface area contributed by atoms with Crippen molar-refractivity contribution in [3.05, 3.63) is 82.9 Å². The van der Waals surface area contributed by atoms with Crippen molar-refractivity contribution < 1.29 is 0 Å². The smallest absolute Gasteiger partial charge is 0.0406 e. The molecule has 1 saturated carbocycles. The molecule has 0 spiro atoms. The van der Waals surface area contributed by atoms with Crippen molar-refractivity contribution in [2.45, 2.75) is 51.4 Å². The summed E-state index contributed by atoms with van der Waals surface area (Å²) in [5, 5.41) is 0.746. The van der Waals surface area contributed by atoms with Gasteiger partial charge in [0.25, 0.3) is 0 Å². The lowest BCUT2D eigenvalue weighted by molar-refractivity contribution is 0.254. The van der Waals surface area contributed by atoms with Crippen LogP contribution in [0.3, 0.4) is 0 Å². The lowest BCUT2D eigenvalue weighted by Gasteiger charge is -2.28. The fraction of sp³-hybridized carbons (Fsp3) is 0.385. The summed E-state index contributed by atoms with van der Waals surface area (Å²) in [6.45, 7) is 3.85. The summed E-state index contributed by atoms with van der Waals surface area (Å²) >= 11 is 5.91. The Morgan fingerprint density at radius 3 is 1.89 bits per heavy atom. The van der Waals surface area contributed by atoms with Crippen LogP contribution >= 0.6 is 11.6 Å². The first-order chi connectivity index (χ1) is 13.2. The van der Waals surface area contributed by atoms with Crippen LogP contribution in [0.5, 0.6) is 0 Å². The molecule has 0 aliphatic heterocycles. The quantitative estimate of drug-likeness (QED) is 0.363. The number of benzene rings is 2. The molecule has 2 aromatic rings. The maximum absolute atomic E-state index is 5.91. The van der Waals surface area contributed by atoms with E-state index < -0.39 is 0 Å². The number of rotatable bonds is 6. The first-order valence-corrected chi connectivity index (χ1v) is 10.6. The van der Waals surface area contributed by atoms with E-state index in [0.717, 1.165) is 28.0 Å². The van der Waals surface area contributed by atoms with E-state index in [2.05, 4.69) is 48.8 Å². The molecule has 1 aliphatic carbocycles. The van der Waals surface area contributed by atoms with Gasteiger partial charge in [0.1, 0.15) is 0 Å². The fourth-order valence-electron chi connectivity index (χ4n) is 3.97. The molecule has 0 amide bonds. The molecule has 0 unspecified atom stereocenters. The van der Waals surface area contributed by atoms with Crippen LogP contribution in [0.4, 0.5) is 0 Å². The Balaban J connectivity index is 1.45. The van der Waals surface area contributed by atoms with Crippen LogP contribution in [0.2, 0.25) is 5.02 Å². The maximum Gasteiger partial charge on any atom is 0.0406 e. The molecule has 0 atom stereocenters. The zero-order valence-electron chi connectivity index (χ0n) is 16.1. The molecule has 0 nitrogen and oxygen atoms in total. The van der Waals surface area contributed by atoms with E-state index >= 15 is 0 Å². The summed E-state index contributed by atoms with van der Waals surface area (Å²) in [5.74, 6) is 8.28. The van der Waals surface area contributed by atoms with Gasteiger partial charge in [0.2, 0.25) is 0 Å². The van der Waals surface area contributed by atoms with Gasteiger partial charge in [0.05, 0.1) is 0 Å². The number of halogens is 1. The van der Waals surface area contributed by atoms with Crippen LogP contribution in [0.25, 0.3) is 0 Å². The number of aryl methyl sites for hydroxylation is 1. The molecule has 3 rings (SSSR count). The van der Waals surface area contributed by atoms with Crippen LogP contribution < -0.4 is 0 Å². The monoisotopic (exact) mass is 376 g/mol. The standard InChI is InChI=1S/C26H29Cl/c1-2-3-4-21-5-7-22(8-6-21)9-10-23-11-13-24(14-12-23)15-16-25-17-19-26(27)20-18-25/h2,11-14,17-22H,1,3-10H2/t21-,22-. The molecular weight excluding hydrogens is 348 g/mol. The maximum atomic E-state index is 5.91. The molecule has 0 N–H and O–H groups in total. The van der Waals surface area contributed by atoms with Gasteiger partial charge in [-0.3, -0.25) is 0 Å². The van der Waals surface area contributed by atoms with Crippen molar-refractivity contribution in [3.63, 3.8) is 0 Å². The van der Waals surface area contributed by atoms with E-state index in [-0.39, 0.29) is 0 Å². The second kappa shape index (κ2) is 10.4. The molecular formula is C26H29Cl. The molecule has 0 aromatic heterocycles. The van der Waals surface area contributed by atoms with Gasteiger partial charge in [-0.05, 0) is 79.5 Å². The predicted molar refractivity (Wildman–Crippen MR) is 117 cm³/mol. The average molecular weight is 377 g/mol. The van der Waals surface area contributed by atoms with Crippen LogP contribution in [0.15, 0.2) is 61.2 Å². The number of hydrogen-bond donors (Lipinski definition) is 0. The Hall–Kier alpha value is -1.97. The SMILES string of the molecule is C=CCC[C@H]1CC[C@H](CCc2ccc(C#Cc3ccc(Cl)cc3)cc2)CC1. The molecule has 1 heteroatoms. The summed E-state index contributed by atoms with van der Waals surface area (Å²) in [5.41, 5.74) is 3.49. The lowest BCUT2D eigenvalue weighted by Crippen LogP contribution is -2.15. The topological polar surface area (TPSA) is 0 Å². The highest BCUT2D eigenvalue weighted by atomic mass is 35.5. The minimum atomic E-state index is 0.746. The highest BCUT2D eigenvalue weighted by Crippen LogP contribution is 2.33. The van der Waals surface area contributed by atoms with E-state index in [9.17, 15) is 0 Å². The summed E-state index contributed by atoms with van der Waals surface area (Å²) in [4.78, 5) is 0. The highest BCUT2D eigenvalue weighted by molar-refractivity contribution is 6.30. The molecule has 0 radical (unpaired) electrons. The summed E-state index contributed by atoms with van der Waals surface area (Å²) < 4.78 is 0. The zero-order chi connectivity index (χ0) is 18.9. The number of hydrogen-bond acceptors (Lipinski definition) is 0. The van der Waals surface area contributed by atoms with Gasteiger partial charge >= 0.3 is 0 Å². The largest absolute Gasteiger partial charge is 0.103 e. The fourth-order valence-corrected chi connectivity index (χ4v) is 4.09. The minimum absolute atomic E-state index is 0.746. The normalized spacial score (nSPS) is 19.1. The van der Waals surface area contributed by atoms with E-state index in [1.165, 1.54) is 56.9 Å². The Morgan fingerprint density at radius 1 is 0.815 bits per heavy atom. The molecule has 1 fully saturated rings. The predicted octanol–water partition coefficient (Wildman–Crippen LogP) is 7.45. The molecule has 140 valence electrons. The van der Waals surface area contributed by atoms with E-state index in [1.807, 2.05) is 24.3 Å². The Kier molecular flexibility index (Phi) is 7.61. The molecule has 27 heavy (non-hydrogen) atoms. The summed E-state index contributed by atoms with van der Waals surface area (Å²) in [6, 6.07) is 16.4. The van der Waals surface area contributed by atoms with Gasteiger partial charge in [-0.2, -0.15) is 0 Å². The Bertz CT molecular complexity index is 766. The van der Waals surface area contributed by atoms with Crippen LogP contribution in [-0.4, -0.2) is 0 Å². The third-order valence-corrected chi connectivity index (χ3v) is 5.99. The Morgan fingerprint density at radius 2 is 1.33 bits per heavy atom. The average Bonchev–Trinajstić information content (AvgIpc) is 2.72. The minimum Gasteiger partial charge on any atom is -0.103 e. The van der Waals surface area contributed by atoms with Gasteiger partial charge in [0, 0.05) is 16.1 Å². The number of allylic oxidation sites excluding steroid dienone is 1. The second-order valence-electron chi connectivity index (χ2n) is 7.75. The summed E-state index contributed by atoms with van der Waals surface area (Å²) in [6.07, 6.45) is 12.7. The van der Waals surface area contributed by atoms with Gasteiger partial charge in [-0.1, -0.05) is 67.3 Å². The van der Waals surface area contributed by atoms with Gasteiger partial charge in [-0.25, -0.2) is 0 Å². The molecule has 2 aromatic carbocycles. The molecule has 0 saturated heterocycles. The second-order valence-corrected chi connectivity index (χ2v) is 8.18. The van der Waals surface area contributed by atoms with Crippen molar-refractivity contribution in [3.8, 4) is 11.8 Å². The highest BCUT2D eigenvalue weighted by Gasteiger charge is 2.20. The van der Waals surface area contributed by atoms with Crippen LogP contribution in [0, 0.1) is 23.7 Å². The van der Waals surface area contributed by atoms with Crippen molar-refractivity contribution >= 4 is 11.6 Å². The van der Waals surface area contributed by atoms with Crippen molar-refractivity contribution in [1.29, 1.82) is 0 Å². The van der Waals surface area contributed by atoms with Gasteiger partial charge in [0.15, 0.2) is 0 Å². The third kappa shape index (κ3) is 6.60. The van der Waals surface area contributed by atoms with Crippen molar-refractivity contribution in [2.24, 2.45) is 11.8 Å². The van der Waals surface area contributed by atoms with E-state index in [4.69, 9.17) is 11.6 Å². The molecule has 1 aliphatic rings. The van der Waals surface area contributed by atoms with Gasteiger partial charge in [-0.15, -0.1) is 6.58 Å². The Labute approximate surface area is 169 Å².